The number of rotatable bonds is 5. The number of hydrogen-bond donors (Lipinski definition) is 1. The highest BCUT2D eigenvalue weighted by Crippen LogP contribution is 2.34. The van der Waals surface area contributed by atoms with Crippen LogP contribution < -0.4 is 10.2 Å². The molecular weight excluding hydrogens is 416 g/mol. The summed E-state index contributed by atoms with van der Waals surface area (Å²) >= 11 is 0. The zero-order chi connectivity index (χ0) is 22.8. The van der Waals surface area contributed by atoms with Crippen LogP contribution in [0, 0.1) is 6.92 Å². The van der Waals surface area contributed by atoms with Gasteiger partial charge in [0.15, 0.2) is 0 Å². The minimum atomic E-state index is -0.0621. The van der Waals surface area contributed by atoms with Crippen molar-refractivity contribution in [3.63, 3.8) is 0 Å². The molecule has 0 bridgehead atoms. The van der Waals surface area contributed by atoms with Crippen LogP contribution in [0.4, 0.5) is 11.4 Å². The molecule has 33 heavy (non-hydrogen) atoms. The van der Waals surface area contributed by atoms with Crippen molar-refractivity contribution in [2.75, 3.05) is 16.8 Å². The number of hydrogen-bond acceptors (Lipinski definition) is 5. The zero-order valence-electron chi connectivity index (χ0n) is 18.6. The van der Waals surface area contributed by atoms with Crippen LogP contribution >= 0.6 is 0 Å². The van der Waals surface area contributed by atoms with Gasteiger partial charge in [0.05, 0.1) is 0 Å². The minimum absolute atomic E-state index is 0.0326. The van der Waals surface area contributed by atoms with Crippen molar-refractivity contribution in [3.05, 3.63) is 71.1 Å². The Balaban J connectivity index is 1.33. The Hall–Kier alpha value is -3.81. The van der Waals surface area contributed by atoms with Gasteiger partial charge in [0.1, 0.15) is 12.9 Å². The molecule has 168 valence electrons. The second-order valence-electron chi connectivity index (χ2n) is 8.63. The number of fused-ring (bicyclic) bond motifs is 1. The van der Waals surface area contributed by atoms with Gasteiger partial charge in [0.2, 0.25) is 5.91 Å². The van der Waals surface area contributed by atoms with Crippen molar-refractivity contribution >= 4 is 28.8 Å². The summed E-state index contributed by atoms with van der Waals surface area (Å²) in [5, 5.41) is 14.0. The molecule has 0 saturated carbocycles. The van der Waals surface area contributed by atoms with Crippen molar-refractivity contribution in [1.82, 2.24) is 20.2 Å². The third-order valence-electron chi connectivity index (χ3n) is 6.36. The highest BCUT2D eigenvalue weighted by atomic mass is 16.2. The van der Waals surface area contributed by atoms with Crippen molar-refractivity contribution in [2.45, 2.75) is 45.6 Å². The maximum absolute atomic E-state index is 13.2. The van der Waals surface area contributed by atoms with Crippen LogP contribution in [0.5, 0.6) is 0 Å². The Labute approximate surface area is 192 Å². The minimum Gasteiger partial charge on any atom is -0.322 e. The average molecular weight is 443 g/mol. The summed E-state index contributed by atoms with van der Waals surface area (Å²) in [5.74, 6) is -0.0947. The lowest BCUT2D eigenvalue weighted by Crippen LogP contribution is -2.32. The molecule has 1 N–H and O–H groups in total. The fraction of sp³-hybridized carbons (Fsp3) is 0.320. The molecule has 0 fully saturated rings. The second kappa shape index (κ2) is 8.97. The second-order valence-corrected chi connectivity index (χ2v) is 8.63. The maximum Gasteiger partial charge on any atom is 0.251 e. The standard InChI is InChI=1S/C25H26N6O2/c1-17-6-8-18(9-7-17)21-4-2-3-5-22(21)25(33)27-20-10-11-23-19(14-20)12-13-31(23)24(32)15-30-16-26-28-29-30/h6-11,14,16H,2-5,12-13,15H2,1H3,(H,27,33). The number of nitrogens with one attached hydrogen (secondary N) is 1. The van der Waals surface area contributed by atoms with E-state index in [0.29, 0.717) is 6.54 Å². The highest BCUT2D eigenvalue weighted by Gasteiger charge is 2.26. The first-order valence-corrected chi connectivity index (χ1v) is 11.3. The smallest absolute Gasteiger partial charge is 0.251 e. The summed E-state index contributed by atoms with van der Waals surface area (Å²) in [6.07, 6.45) is 6.03. The summed E-state index contributed by atoms with van der Waals surface area (Å²) in [4.78, 5) is 27.6. The van der Waals surface area contributed by atoms with Gasteiger partial charge in [-0.3, -0.25) is 9.59 Å². The first-order chi connectivity index (χ1) is 16.1. The molecule has 0 spiro atoms. The molecule has 0 saturated heterocycles. The van der Waals surface area contributed by atoms with Gasteiger partial charge >= 0.3 is 0 Å². The van der Waals surface area contributed by atoms with Crippen molar-refractivity contribution in [3.8, 4) is 0 Å². The Kier molecular flexibility index (Phi) is 5.73. The first-order valence-electron chi connectivity index (χ1n) is 11.3. The third kappa shape index (κ3) is 4.41. The van der Waals surface area contributed by atoms with E-state index < -0.39 is 0 Å². The lowest BCUT2D eigenvalue weighted by atomic mass is 9.86. The van der Waals surface area contributed by atoms with E-state index in [4.69, 9.17) is 0 Å². The van der Waals surface area contributed by atoms with E-state index in [2.05, 4.69) is 52.0 Å². The van der Waals surface area contributed by atoms with E-state index in [0.717, 1.165) is 65.8 Å². The van der Waals surface area contributed by atoms with E-state index in [1.54, 1.807) is 4.90 Å². The van der Waals surface area contributed by atoms with Crippen LogP contribution in [0.15, 0.2) is 54.4 Å². The molecule has 0 unspecified atom stereocenters. The monoisotopic (exact) mass is 442 g/mol. The number of aryl methyl sites for hydroxylation is 1. The number of anilines is 2. The predicted molar refractivity (Wildman–Crippen MR) is 126 cm³/mol. The van der Waals surface area contributed by atoms with E-state index in [9.17, 15) is 9.59 Å². The Bertz CT molecular complexity index is 1210. The fourth-order valence-corrected chi connectivity index (χ4v) is 4.65. The number of tetrazole rings is 1. The summed E-state index contributed by atoms with van der Waals surface area (Å²) in [6, 6.07) is 14.2. The van der Waals surface area contributed by atoms with Crippen molar-refractivity contribution < 1.29 is 9.59 Å². The molecule has 1 aliphatic heterocycles. The van der Waals surface area contributed by atoms with Crippen LogP contribution in [0.25, 0.3) is 5.57 Å². The molecule has 3 aromatic rings. The summed E-state index contributed by atoms with van der Waals surface area (Å²) in [7, 11) is 0. The molecule has 1 aromatic heterocycles. The number of carbonyl (C=O) groups is 2. The van der Waals surface area contributed by atoms with E-state index in [-0.39, 0.29) is 18.4 Å². The van der Waals surface area contributed by atoms with Crippen molar-refractivity contribution in [2.24, 2.45) is 0 Å². The van der Waals surface area contributed by atoms with Gasteiger partial charge in [-0.2, -0.15) is 0 Å². The van der Waals surface area contributed by atoms with Crippen LogP contribution in [0.2, 0.25) is 0 Å². The third-order valence-corrected chi connectivity index (χ3v) is 6.36. The van der Waals surface area contributed by atoms with Gasteiger partial charge in [0.25, 0.3) is 5.91 Å². The average Bonchev–Trinajstić information content (AvgIpc) is 3.49. The van der Waals surface area contributed by atoms with Gasteiger partial charge < -0.3 is 10.2 Å². The topological polar surface area (TPSA) is 93.0 Å². The van der Waals surface area contributed by atoms with Crippen LogP contribution in [0.1, 0.15) is 42.4 Å². The Morgan fingerprint density at radius 1 is 1.03 bits per heavy atom. The molecule has 0 atom stereocenters. The van der Waals surface area contributed by atoms with Crippen molar-refractivity contribution in [1.29, 1.82) is 0 Å². The van der Waals surface area contributed by atoms with Gasteiger partial charge in [-0.15, -0.1) is 5.10 Å². The van der Waals surface area contributed by atoms with Crippen LogP contribution in [-0.4, -0.2) is 38.6 Å². The van der Waals surface area contributed by atoms with E-state index >= 15 is 0 Å². The number of amides is 2. The predicted octanol–water partition coefficient (Wildman–Crippen LogP) is 3.54. The number of benzene rings is 2. The molecule has 8 heteroatoms. The molecule has 1 aliphatic carbocycles. The van der Waals surface area contributed by atoms with Crippen LogP contribution in [-0.2, 0) is 22.6 Å². The number of aromatic nitrogens is 4. The maximum atomic E-state index is 13.2. The molecule has 0 radical (unpaired) electrons. The molecule has 2 aliphatic rings. The largest absolute Gasteiger partial charge is 0.322 e. The fourth-order valence-electron chi connectivity index (χ4n) is 4.65. The zero-order valence-corrected chi connectivity index (χ0v) is 18.6. The lowest BCUT2D eigenvalue weighted by Gasteiger charge is -2.21. The summed E-state index contributed by atoms with van der Waals surface area (Å²) in [6.45, 7) is 2.78. The van der Waals surface area contributed by atoms with Gasteiger partial charge in [-0.1, -0.05) is 29.8 Å². The molecule has 2 heterocycles. The Morgan fingerprint density at radius 2 is 1.85 bits per heavy atom. The number of carbonyl (C=O) groups excluding carboxylic acids is 2. The number of nitrogens with zero attached hydrogens (tertiary/aromatic N) is 5. The summed E-state index contributed by atoms with van der Waals surface area (Å²) in [5.41, 5.74) is 7.07. The molecule has 5 rings (SSSR count). The molecular formula is C25H26N6O2. The first kappa shape index (κ1) is 21.1. The quantitative estimate of drug-likeness (QED) is 0.652. The van der Waals surface area contributed by atoms with Gasteiger partial charge in [-0.25, -0.2) is 4.68 Å². The molecule has 2 aromatic carbocycles. The number of allylic oxidation sites excluding steroid dienone is 1. The SMILES string of the molecule is Cc1ccc(C2=C(C(=O)Nc3ccc4c(c3)CCN4C(=O)Cn3cnnn3)CCCC2)cc1. The van der Waals surface area contributed by atoms with E-state index in [1.807, 2.05) is 18.2 Å². The highest BCUT2D eigenvalue weighted by molar-refractivity contribution is 6.09. The summed E-state index contributed by atoms with van der Waals surface area (Å²) < 4.78 is 1.42. The lowest BCUT2D eigenvalue weighted by molar-refractivity contribution is -0.119. The van der Waals surface area contributed by atoms with E-state index in [1.165, 1.54) is 16.6 Å². The molecule has 2 amide bonds. The Morgan fingerprint density at radius 3 is 2.64 bits per heavy atom. The normalized spacial score (nSPS) is 15.5. The van der Waals surface area contributed by atoms with Gasteiger partial charge in [0, 0.05) is 23.5 Å². The van der Waals surface area contributed by atoms with Crippen LogP contribution in [0.3, 0.4) is 0 Å². The molecule has 8 nitrogen and oxygen atoms in total. The van der Waals surface area contributed by atoms with Gasteiger partial charge in [-0.05, 0) is 84.4 Å².